The molecule has 12 atom stereocenters. The first-order chi connectivity index (χ1) is 13.1. The van der Waals surface area contributed by atoms with Gasteiger partial charge in [-0.25, -0.2) is 0 Å². The molecular weight excluding hydrogens is 348 g/mol. The van der Waals surface area contributed by atoms with Gasteiger partial charge in [-0.15, -0.1) is 0 Å². The van der Waals surface area contributed by atoms with Gasteiger partial charge in [-0.2, -0.15) is 0 Å². The zero-order valence-corrected chi connectivity index (χ0v) is 18.7. The molecule has 6 aliphatic rings. The number of epoxide rings is 3. The molecule has 3 saturated carbocycles. The minimum atomic E-state index is 0.173. The predicted octanol–water partition coefficient (Wildman–Crippen LogP) is 5.21. The van der Waals surface area contributed by atoms with Crippen LogP contribution in [-0.4, -0.2) is 35.1 Å². The zero-order valence-electron chi connectivity index (χ0n) is 18.7. The van der Waals surface area contributed by atoms with E-state index in [-0.39, 0.29) is 16.8 Å². The Morgan fingerprint density at radius 2 is 0.857 bits per heavy atom. The first-order valence-corrected chi connectivity index (χ1v) is 12.2. The molecule has 28 heavy (non-hydrogen) atoms. The molecule has 0 aromatic rings. The summed E-state index contributed by atoms with van der Waals surface area (Å²) in [4.78, 5) is 0. The Balaban J connectivity index is 1.31. The fourth-order valence-electron chi connectivity index (χ4n) is 9.06. The Labute approximate surface area is 171 Å². The van der Waals surface area contributed by atoms with Gasteiger partial charge in [-0.1, -0.05) is 20.8 Å². The molecule has 0 aromatic carbocycles. The van der Waals surface area contributed by atoms with Crippen molar-refractivity contribution >= 4 is 0 Å². The Kier molecular flexibility index (Phi) is 3.70. The number of fused-ring (bicyclic) bond motifs is 3. The molecule has 0 amide bonds. The molecule has 3 aliphatic carbocycles. The molecule has 0 N–H and O–H groups in total. The molecule has 158 valence electrons. The van der Waals surface area contributed by atoms with Crippen molar-refractivity contribution in [2.75, 3.05) is 0 Å². The van der Waals surface area contributed by atoms with Gasteiger partial charge in [0, 0.05) is 0 Å². The molecule has 0 aromatic heterocycles. The fourth-order valence-corrected chi connectivity index (χ4v) is 9.06. The molecule has 3 heteroatoms. The quantitative estimate of drug-likeness (QED) is 0.623. The molecule has 3 heterocycles. The van der Waals surface area contributed by atoms with Crippen molar-refractivity contribution < 1.29 is 14.2 Å². The van der Waals surface area contributed by atoms with Crippen LogP contribution in [0.4, 0.5) is 0 Å². The summed E-state index contributed by atoms with van der Waals surface area (Å²) in [6.45, 7) is 14.5. The molecule has 3 saturated heterocycles. The number of hydrogen-bond acceptors (Lipinski definition) is 3. The highest BCUT2D eigenvalue weighted by molar-refractivity contribution is 5.14. The average Bonchev–Trinajstić information content (AvgIpc) is 3.49. The smallest absolute Gasteiger partial charge is 0.0926 e. The summed E-state index contributed by atoms with van der Waals surface area (Å²) in [5.41, 5.74) is 0.518. The molecule has 6 fully saturated rings. The molecule has 3 nitrogen and oxygen atoms in total. The van der Waals surface area contributed by atoms with E-state index in [4.69, 9.17) is 14.2 Å². The van der Waals surface area contributed by atoms with Crippen LogP contribution in [0.5, 0.6) is 0 Å². The lowest BCUT2D eigenvalue weighted by Crippen LogP contribution is -2.45. The predicted molar refractivity (Wildman–Crippen MR) is 109 cm³/mol. The van der Waals surface area contributed by atoms with Crippen molar-refractivity contribution in [3.05, 3.63) is 0 Å². The largest absolute Gasteiger partial charge is 0.366 e. The summed E-state index contributed by atoms with van der Waals surface area (Å²) in [6, 6.07) is 0. The maximum absolute atomic E-state index is 6.22. The average molecular weight is 389 g/mol. The Morgan fingerprint density at radius 3 is 1.11 bits per heavy atom. The van der Waals surface area contributed by atoms with E-state index in [2.05, 4.69) is 41.5 Å². The van der Waals surface area contributed by atoms with Crippen molar-refractivity contribution in [2.45, 2.75) is 115 Å². The van der Waals surface area contributed by atoms with Crippen LogP contribution < -0.4 is 0 Å². The lowest BCUT2D eigenvalue weighted by Gasteiger charge is -2.47. The van der Waals surface area contributed by atoms with Crippen molar-refractivity contribution in [1.82, 2.24) is 0 Å². The molecule has 0 radical (unpaired) electrons. The first-order valence-electron chi connectivity index (χ1n) is 12.2. The van der Waals surface area contributed by atoms with Gasteiger partial charge in [0.25, 0.3) is 0 Å². The van der Waals surface area contributed by atoms with Crippen LogP contribution in [0.1, 0.15) is 80.1 Å². The summed E-state index contributed by atoms with van der Waals surface area (Å²) in [6.07, 6.45) is 9.53. The second-order valence-corrected chi connectivity index (χ2v) is 12.7. The van der Waals surface area contributed by atoms with E-state index >= 15 is 0 Å². The minimum Gasteiger partial charge on any atom is -0.366 e. The van der Waals surface area contributed by atoms with Gasteiger partial charge in [0.2, 0.25) is 0 Å². The molecular formula is C25H40O3. The topological polar surface area (TPSA) is 37.6 Å². The van der Waals surface area contributed by atoms with Gasteiger partial charge < -0.3 is 14.2 Å². The second-order valence-electron chi connectivity index (χ2n) is 12.7. The van der Waals surface area contributed by atoms with Crippen LogP contribution in [-0.2, 0) is 14.2 Å². The number of ether oxygens (including phenoxy) is 3. The maximum Gasteiger partial charge on any atom is 0.0926 e. The van der Waals surface area contributed by atoms with Gasteiger partial charge >= 0.3 is 0 Å². The minimum absolute atomic E-state index is 0.173. The zero-order chi connectivity index (χ0) is 19.6. The lowest BCUT2D eigenvalue weighted by atomic mass is 9.56. The summed E-state index contributed by atoms with van der Waals surface area (Å²) in [5, 5.41) is 0. The third kappa shape index (κ3) is 2.64. The summed E-state index contributed by atoms with van der Waals surface area (Å²) >= 11 is 0. The third-order valence-electron chi connectivity index (χ3n) is 10.0. The van der Waals surface area contributed by atoms with Gasteiger partial charge in [-0.3, -0.25) is 0 Å². The molecule has 3 aliphatic heterocycles. The summed E-state index contributed by atoms with van der Waals surface area (Å²) in [5.74, 6) is 5.40. The molecule has 0 bridgehead atoms. The van der Waals surface area contributed by atoms with Gasteiger partial charge in [0.15, 0.2) is 0 Å². The van der Waals surface area contributed by atoms with Crippen molar-refractivity contribution in [2.24, 2.45) is 41.4 Å². The number of rotatable bonds is 3. The van der Waals surface area contributed by atoms with Crippen LogP contribution in [0.25, 0.3) is 0 Å². The van der Waals surface area contributed by atoms with Crippen LogP contribution in [0.15, 0.2) is 0 Å². The fraction of sp³-hybridized carbons (Fsp3) is 1.00. The number of hydrogen-bond donors (Lipinski definition) is 0. The van der Waals surface area contributed by atoms with E-state index in [0.29, 0.717) is 36.1 Å². The summed E-state index contributed by atoms with van der Waals surface area (Å²) < 4.78 is 18.7. The normalized spacial score (nSPS) is 65.6. The van der Waals surface area contributed by atoms with Crippen molar-refractivity contribution in [3.63, 3.8) is 0 Å². The van der Waals surface area contributed by atoms with Crippen molar-refractivity contribution in [1.29, 1.82) is 0 Å². The van der Waals surface area contributed by atoms with Gasteiger partial charge in [-0.05, 0) is 101 Å². The standard InChI is InChI=1S/C25H40O3/c1-13-7-16(10-23(4)20(13)26-23)19(17-8-14(2)21-24(5,11-17)27-21)18-9-15(3)22-25(6,12-18)28-22/h13-22H,7-12H2,1-6H3. The first kappa shape index (κ1) is 18.6. The lowest BCUT2D eigenvalue weighted by molar-refractivity contribution is 0.0326. The van der Waals surface area contributed by atoms with E-state index in [1.807, 2.05) is 0 Å². The van der Waals surface area contributed by atoms with E-state index < -0.39 is 0 Å². The van der Waals surface area contributed by atoms with Gasteiger partial charge in [0.05, 0.1) is 35.1 Å². The Hall–Kier alpha value is -0.120. The van der Waals surface area contributed by atoms with E-state index in [9.17, 15) is 0 Å². The van der Waals surface area contributed by atoms with E-state index in [1.165, 1.54) is 38.5 Å². The highest BCUT2D eigenvalue weighted by atomic mass is 16.6. The highest BCUT2D eigenvalue weighted by Crippen LogP contribution is 2.63. The van der Waals surface area contributed by atoms with Crippen LogP contribution in [0.3, 0.4) is 0 Å². The van der Waals surface area contributed by atoms with Crippen LogP contribution >= 0.6 is 0 Å². The second kappa shape index (κ2) is 5.56. The molecule has 0 spiro atoms. The monoisotopic (exact) mass is 388 g/mol. The van der Waals surface area contributed by atoms with E-state index in [0.717, 1.165) is 23.7 Å². The molecule has 12 unspecified atom stereocenters. The maximum atomic E-state index is 6.22. The van der Waals surface area contributed by atoms with Gasteiger partial charge in [0.1, 0.15) is 0 Å². The van der Waals surface area contributed by atoms with Crippen molar-refractivity contribution in [3.8, 4) is 0 Å². The van der Waals surface area contributed by atoms with E-state index in [1.54, 1.807) is 0 Å². The SMILES string of the molecule is CC1CC(C(C2CC(C)C3OC3(C)C2)C2CC(C)C3OC3(C)C2)CC2(C)OC12. The Morgan fingerprint density at radius 1 is 0.571 bits per heavy atom. The Bertz CT molecular complexity index is 588. The summed E-state index contributed by atoms with van der Waals surface area (Å²) in [7, 11) is 0. The third-order valence-corrected chi connectivity index (χ3v) is 10.0. The van der Waals surface area contributed by atoms with Crippen LogP contribution in [0, 0.1) is 41.4 Å². The highest BCUT2D eigenvalue weighted by Gasteiger charge is 2.66. The van der Waals surface area contributed by atoms with Crippen LogP contribution in [0.2, 0.25) is 0 Å². The molecule has 6 rings (SSSR count).